The van der Waals surface area contributed by atoms with Crippen molar-refractivity contribution in [1.29, 1.82) is 0 Å². The summed E-state index contributed by atoms with van der Waals surface area (Å²) in [5.41, 5.74) is 0.814. The molecule has 1 aromatic heterocycles. The van der Waals surface area contributed by atoms with Crippen molar-refractivity contribution in [2.75, 3.05) is 18.5 Å². The summed E-state index contributed by atoms with van der Waals surface area (Å²) in [6.07, 6.45) is 0.264. The molecule has 0 bridgehead atoms. The van der Waals surface area contributed by atoms with E-state index in [-0.39, 0.29) is 18.9 Å². The molecule has 0 aliphatic rings. The number of para-hydroxylation sites is 1. The van der Waals surface area contributed by atoms with Gasteiger partial charge in [-0.1, -0.05) is 51.0 Å². The Morgan fingerprint density at radius 2 is 1.67 bits per heavy atom. The van der Waals surface area contributed by atoms with Gasteiger partial charge in [0, 0.05) is 28.4 Å². The molecule has 9 heteroatoms. The summed E-state index contributed by atoms with van der Waals surface area (Å²) in [5.74, 6) is -0.995. The molecule has 0 saturated carbocycles. The van der Waals surface area contributed by atoms with Crippen LogP contribution in [0.25, 0.3) is 10.9 Å². The van der Waals surface area contributed by atoms with Gasteiger partial charge in [0.25, 0.3) is 0 Å². The van der Waals surface area contributed by atoms with E-state index in [9.17, 15) is 17.7 Å². The van der Waals surface area contributed by atoms with Crippen LogP contribution in [0, 0.1) is 0 Å². The molecule has 180 valence electrons. The summed E-state index contributed by atoms with van der Waals surface area (Å²) in [6, 6.07) is 12.3. The third kappa shape index (κ3) is 6.40. The number of unbranched alkanes of at least 4 members (excludes halogenated alkanes) is 2. The van der Waals surface area contributed by atoms with Crippen molar-refractivity contribution in [1.82, 2.24) is 4.98 Å². The second-order valence-electron chi connectivity index (χ2n) is 7.83. The van der Waals surface area contributed by atoms with E-state index in [0.29, 0.717) is 18.4 Å². The maximum absolute atomic E-state index is 14.1. The minimum Gasteiger partial charge on any atom is -0.368 e. The molecular formula is C24H30F3N2O3P. The van der Waals surface area contributed by atoms with Crippen LogP contribution < -0.4 is 5.32 Å². The van der Waals surface area contributed by atoms with Crippen LogP contribution in [0.1, 0.15) is 56.4 Å². The number of benzene rings is 2. The minimum atomic E-state index is -4.49. The topological polar surface area (TPSA) is 63.4 Å². The molecule has 1 unspecified atom stereocenters. The zero-order chi connectivity index (χ0) is 23.9. The largest absolute Gasteiger partial charge is 0.416 e. The normalized spacial score (nSPS) is 13.4. The van der Waals surface area contributed by atoms with Gasteiger partial charge in [0.2, 0.25) is 0 Å². The highest BCUT2D eigenvalue weighted by molar-refractivity contribution is 7.54. The number of rotatable bonds is 12. The Morgan fingerprint density at radius 1 is 1.00 bits per heavy atom. The first-order chi connectivity index (χ1) is 15.8. The molecule has 5 nitrogen and oxygen atoms in total. The van der Waals surface area contributed by atoms with E-state index < -0.39 is 25.1 Å². The smallest absolute Gasteiger partial charge is 0.368 e. The van der Waals surface area contributed by atoms with Crippen molar-refractivity contribution in [3.05, 3.63) is 65.9 Å². The molecule has 1 atom stereocenters. The van der Waals surface area contributed by atoms with Gasteiger partial charge < -0.3 is 19.3 Å². The quantitative estimate of drug-likeness (QED) is 0.202. The zero-order valence-corrected chi connectivity index (χ0v) is 19.7. The predicted octanol–water partition coefficient (Wildman–Crippen LogP) is 8.12. The fourth-order valence-corrected chi connectivity index (χ4v) is 5.45. The second-order valence-corrected chi connectivity index (χ2v) is 9.94. The third-order valence-corrected chi connectivity index (χ3v) is 7.39. The first-order valence-electron chi connectivity index (χ1n) is 11.2. The van der Waals surface area contributed by atoms with Gasteiger partial charge >= 0.3 is 13.8 Å². The average molecular weight is 482 g/mol. The van der Waals surface area contributed by atoms with Gasteiger partial charge in [-0.3, -0.25) is 4.57 Å². The molecule has 1 heterocycles. The van der Waals surface area contributed by atoms with Crippen molar-refractivity contribution in [2.24, 2.45) is 0 Å². The van der Waals surface area contributed by atoms with E-state index in [1.165, 1.54) is 12.1 Å². The fourth-order valence-electron chi connectivity index (χ4n) is 3.45. The van der Waals surface area contributed by atoms with Gasteiger partial charge in [0.05, 0.1) is 18.8 Å². The summed E-state index contributed by atoms with van der Waals surface area (Å²) < 4.78 is 65.7. The van der Waals surface area contributed by atoms with Crippen molar-refractivity contribution >= 4 is 24.2 Å². The van der Waals surface area contributed by atoms with Crippen LogP contribution in [0.4, 0.5) is 18.9 Å². The molecule has 3 aromatic rings. The van der Waals surface area contributed by atoms with Crippen molar-refractivity contribution in [3.63, 3.8) is 0 Å². The number of alkyl halides is 3. The summed E-state index contributed by atoms with van der Waals surface area (Å²) in [7, 11) is -3.82. The number of hydrogen-bond donors (Lipinski definition) is 2. The van der Waals surface area contributed by atoms with Crippen LogP contribution in [0.5, 0.6) is 0 Å². The van der Waals surface area contributed by atoms with Crippen molar-refractivity contribution < 1.29 is 26.8 Å². The van der Waals surface area contributed by atoms with E-state index in [4.69, 9.17) is 9.05 Å². The standard InChI is InChI=1S/C24H30F3N2O3P/c1-3-5-14-31-33(30,32-15-6-4-2)23(21-17-28-22-13-8-7-12-20(21)22)29-19-11-9-10-18(16-19)24(25,26)27/h7-13,16-17,23,28-29H,3-6,14-15H2,1-2H3. The number of H-pyrrole nitrogens is 1. The Kier molecular flexibility index (Phi) is 8.63. The van der Waals surface area contributed by atoms with Crippen LogP contribution in [-0.4, -0.2) is 18.2 Å². The van der Waals surface area contributed by atoms with Gasteiger partial charge in [-0.05, 0) is 37.1 Å². The SMILES string of the molecule is CCCCOP(=O)(OCCCC)C(Nc1cccc(C(F)(F)F)c1)c1c[nH]c2ccccc12. The van der Waals surface area contributed by atoms with Gasteiger partial charge in [0.15, 0.2) is 5.78 Å². The number of anilines is 1. The summed E-state index contributed by atoms with van der Waals surface area (Å²) in [5, 5.41) is 3.84. The van der Waals surface area contributed by atoms with E-state index >= 15 is 0 Å². The number of aromatic amines is 1. The molecule has 2 N–H and O–H groups in total. The minimum absolute atomic E-state index is 0.179. The first-order valence-corrected chi connectivity index (χ1v) is 12.8. The van der Waals surface area contributed by atoms with E-state index in [1.54, 1.807) is 6.20 Å². The van der Waals surface area contributed by atoms with Crippen LogP contribution in [-0.2, 0) is 19.8 Å². The lowest BCUT2D eigenvalue weighted by atomic mass is 10.1. The Labute approximate surface area is 192 Å². The number of fused-ring (bicyclic) bond motifs is 1. The van der Waals surface area contributed by atoms with E-state index in [2.05, 4.69) is 10.3 Å². The number of nitrogens with one attached hydrogen (secondary N) is 2. The lowest BCUT2D eigenvalue weighted by Crippen LogP contribution is -2.16. The molecule has 2 aromatic carbocycles. The zero-order valence-electron chi connectivity index (χ0n) is 18.8. The molecule has 33 heavy (non-hydrogen) atoms. The third-order valence-electron chi connectivity index (χ3n) is 5.26. The molecule has 0 spiro atoms. The van der Waals surface area contributed by atoms with Crippen LogP contribution in [0.15, 0.2) is 54.7 Å². The van der Waals surface area contributed by atoms with Crippen LogP contribution in [0.2, 0.25) is 0 Å². The molecule has 3 rings (SSSR count). The highest BCUT2D eigenvalue weighted by atomic mass is 31.2. The predicted molar refractivity (Wildman–Crippen MR) is 125 cm³/mol. The maximum Gasteiger partial charge on any atom is 0.416 e. The van der Waals surface area contributed by atoms with Gasteiger partial charge in [-0.2, -0.15) is 13.2 Å². The lowest BCUT2D eigenvalue weighted by Gasteiger charge is -2.29. The summed E-state index contributed by atoms with van der Waals surface area (Å²) >= 11 is 0. The maximum atomic E-state index is 14.1. The van der Waals surface area contributed by atoms with E-state index in [0.717, 1.165) is 35.9 Å². The van der Waals surface area contributed by atoms with Gasteiger partial charge in [0.1, 0.15) is 0 Å². The molecule has 0 saturated heterocycles. The second kappa shape index (κ2) is 11.2. The number of halogens is 3. The first kappa shape index (κ1) is 25.3. The van der Waals surface area contributed by atoms with Crippen molar-refractivity contribution in [3.8, 4) is 0 Å². The lowest BCUT2D eigenvalue weighted by molar-refractivity contribution is -0.137. The summed E-state index contributed by atoms with van der Waals surface area (Å²) in [6.45, 7) is 4.43. The summed E-state index contributed by atoms with van der Waals surface area (Å²) in [4.78, 5) is 3.14. The number of hydrogen-bond acceptors (Lipinski definition) is 4. The monoisotopic (exact) mass is 482 g/mol. The molecule has 0 radical (unpaired) electrons. The highest BCUT2D eigenvalue weighted by Crippen LogP contribution is 2.62. The fraction of sp³-hybridized carbons (Fsp3) is 0.417. The Morgan fingerprint density at radius 3 is 2.30 bits per heavy atom. The molecule has 0 aliphatic heterocycles. The average Bonchev–Trinajstić information content (AvgIpc) is 3.21. The van der Waals surface area contributed by atoms with E-state index in [1.807, 2.05) is 38.1 Å². The molecule has 0 fully saturated rings. The molecule has 0 aliphatic carbocycles. The van der Waals surface area contributed by atoms with Crippen molar-refractivity contribution in [2.45, 2.75) is 51.5 Å². The van der Waals surface area contributed by atoms with Gasteiger partial charge in [-0.15, -0.1) is 0 Å². The van der Waals surface area contributed by atoms with Crippen LogP contribution >= 0.6 is 7.60 Å². The Balaban J connectivity index is 2.06. The Hall–Kier alpha value is -2.28. The van der Waals surface area contributed by atoms with Gasteiger partial charge in [-0.25, -0.2) is 0 Å². The molecule has 0 amide bonds. The van der Waals surface area contributed by atoms with Crippen LogP contribution in [0.3, 0.4) is 0 Å². The highest BCUT2D eigenvalue weighted by Gasteiger charge is 2.39. The molecular weight excluding hydrogens is 452 g/mol. The number of aromatic nitrogens is 1. The Bertz CT molecular complexity index is 1070.